The molecule has 0 aliphatic carbocycles. The fourth-order valence-electron chi connectivity index (χ4n) is 3.90. The highest BCUT2D eigenvalue weighted by Gasteiger charge is 2.31. The van der Waals surface area contributed by atoms with Crippen LogP contribution < -0.4 is 5.32 Å². The number of nitrogens with one attached hydrogen (secondary N) is 2. The van der Waals surface area contributed by atoms with Gasteiger partial charge in [0.15, 0.2) is 5.76 Å². The standard InChI is InChI=1S/C22H25N3O6S/c1-30-22(27)18(13-15-14-23-17-8-4-3-7-16(15)17)24-21(26)19-9-10-20(31-19)32(28,29)25-11-5-2-6-12-25/h3-4,7-10,14,18,23H,2,5-6,11-13H2,1H3,(H,24,26)/t18-/m1/s1. The number of aromatic nitrogens is 1. The summed E-state index contributed by atoms with van der Waals surface area (Å²) in [5.41, 5.74) is 1.75. The van der Waals surface area contributed by atoms with Crippen molar-refractivity contribution in [2.24, 2.45) is 0 Å². The summed E-state index contributed by atoms with van der Waals surface area (Å²) in [6.07, 6.45) is 4.55. The Balaban J connectivity index is 1.51. The molecule has 2 aromatic heterocycles. The molecule has 9 nitrogen and oxygen atoms in total. The van der Waals surface area contributed by atoms with E-state index in [4.69, 9.17) is 9.15 Å². The third-order valence-electron chi connectivity index (χ3n) is 5.60. The second kappa shape index (κ2) is 9.17. The Bertz CT molecular complexity index is 1220. The molecule has 1 amide bonds. The van der Waals surface area contributed by atoms with Gasteiger partial charge in [-0.2, -0.15) is 4.31 Å². The molecule has 1 aromatic carbocycles. The van der Waals surface area contributed by atoms with Crippen LogP contribution in [0.5, 0.6) is 0 Å². The number of rotatable bonds is 7. The molecule has 3 heterocycles. The van der Waals surface area contributed by atoms with Crippen molar-refractivity contribution in [2.45, 2.75) is 36.8 Å². The van der Waals surface area contributed by atoms with Gasteiger partial charge in [0.2, 0.25) is 5.09 Å². The molecular weight excluding hydrogens is 434 g/mol. The summed E-state index contributed by atoms with van der Waals surface area (Å²) in [7, 11) is -2.56. The highest BCUT2D eigenvalue weighted by molar-refractivity contribution is 7.89. The lowest BCUT2D eigenvalue weighted by Crippen LogP contribution is -2.43. The van der Waals surface area contributed by atoms with Gasteiger partial charge in [-0.3, -0.25) is 4.79 Å². The fraction of sp³-hybridized carbons (Fsp3) is 0.364. The number of sulfonamides is 1. The van der Waals surface area contributed by atoms with Crippen LogP contribution in [-0.4, -0.2) is 55.8 Å². The van der Waals surface area contributed by atoms with Crippen molar-refractivity contribution in [3.63, 3.8) is 0 Å². The first-order valence-electron chi connectivity index (χ1n) is 10.4. The molecule has 1 fully saturated rings. The van der Waals surface area contributed by atoms with E-state index in [1.54, 1.807) is 6.20 Å². The van der Waals surface area contributed by atoms with Gasteiger partial charge in [0.05, 0.1) is 7.11 Å². The zero-order chi connectivity index (χ0) is 22.7. The number of aromatic amines is 1. The van der Waals surface area contributed by atoms with Gasteiger partial charge in [0, 0.05) is 36.6 Å². The molecule has 4 rings (SSSR count). The number of carbonyl (C=O) groups excluding carboxylic acids is 2. The average Bonchev–Trinajstić information content (AvgIpc) is 3.47. The second-order valence-corrected chi connectivity index (χ2v) is 9.57. The third-order valence-corrected chi connectivity index (χ3v) is 7.38. The summed E-state index contributed by atoms with van der Waals surface area (Å²) in [6, 6.07) is 9.21. The monoisotopic (exact) mass is 459 g/mol. The summed E-state index contributed by atoms with van der Waals surface area (Å²) in [5, 5.41) is 3.25. The van der Waals surface area contributed by atoms with Gasteiger partial charge >= 0.3 is 5.97 Å². The lowest BCUT2D eigenvalue weighted by Gasteiger charge is -2.24. The Kier molecular flexibility index (Phi) is 6.33. The number of amides is 1. The number of furan rings is 1. The SMILES string of the molecule is COC(=O)[C@@H](Cc1c[nH]c2ccccc12)NC(=O)c1ccc(S(=O)(=O)N2CCCCC2)o1. The molecule has 2 N–H and O–H groups in total. The number of hydrogen-bond donors (Lipinski definition) is 2. The Labute approximate surface area is 185 Å². The summed E-state index contributed by atoms with van der Waals surface area (Å²) < 4.78 is 37.1. The first-order chi connectivity index (χ1) is 15.4. The maximum Gasteiger partial charge on any atom is 0.328 e. The lowest BCUT2D eigenvalue weighted by atomic mass is 10.0. The lowest BCUT2D eigenvalue weighted by molar-refractivity contribution is -0.142. The highest BCUT2D eigenvalue weighted by Crippen LogP contribution is 2.23. The average molecular weight is 460 g/mol. The number of benzene rings is 1. The topological polar surface area (TPSA) is 122 Å². The van der Waals surface area contributed by atoms with Crippen LogP contribution in [0.1, 0.15) is 35.4 Å². The van der Waals surface area contributed by atoms with E-state index >= 15 is 0 Å². The highest BCUT2D eigenvalue weighted by atomic mass is 32.2. The van der Waals surface area contributed by atoms with Gasteiger partial charge in [-0.05, 0) is 36.6 Å². The zero-order valence-electron chi connectivity index (χ0n) is 17.7. The number of nitrogens with zero attached hydrogens (tertiary/aromatic N) is 1. The maximum absolute atomic E-state index is 12.8. The normalized spacial score (nSPS) is 16.0. The van der Waals surface area contributed by atoms with Crippen molar-refractivity contribution in [2.75, 3.05) is 20.2 Å². The zero-order valence-corrected chi connectivity index (χ0v) is 18.5. The molecule has 170 valence electrons. The van der Waals surface area contributed by atoms with Crippen LogP contribution in [0.3, 0.4) is 0 Å². The smallest absolute Gasteiger partial charge is 0.328 e. The van der Waals surface area contributed by atoms with Gasteiger partial charge < -0.3 is 19.5 Å². The van der Waals surface area contributed by atoms with E-state index in [0.29, 0.717) is 13.1 Å². The quantitative estimate of drug-likeness (QED) is 0.524. The predicted octanol–water partition coefficient (Wildman–Crippen LogP) is 2.45. The molecular formula is C22H25N3O6S. The minimum atomic E-state index is -3.80. The molecule has 10 heteroatoms. The number of esters is 1. The van der Waals surface area contributed by atoms with Crippen molar-refractivity contribution in [3.05, 3.63) is 53.9 Å². The number of fused-ring (bicyclic) bond motifs is 1. The molecule has 0 bridgehead atoms. The first-order valence-corrected chi connectivity index (χ1v) is 11.9. The third kappa shape index (κ3) is 4.42. The maximum atomic E-state index is 12.8. The molecule has 0 radical (unpaired) electrons. The summed E-state index contributed by atoms with van der Waals surface area (Å²) in [6.45, 7) is 0.860. The number of para-hydroxylation sites is 1. The van der Waals surface area contributed by atoms with Gasteiger partial charge in [0.25, 0.3) is 15.9 Å². The molecule has 0 saturated carbocycles. The molecule has 0 spiro atoms. The van der Waals surface area contributed by atoms with Gasteiger partial charge in [-0.15, -0.1) is 0 Å². The van der Waals surface area contributed by atoms with E-state index in [1.807, 2.05) is 24.3 Å². The van der Waals surface area contributed by atoms with E-state index in [0.717, 1.165) is 35.7 Å². The minimum Gasteiger partial charge on any atom is -0.467 e. The second-order valence-electron chi connectivity index (χ2n) is 7.70. The van der Waals surface area contributed by atoms with Crippen LogP contribution in [0, 0.1) is 0 Å². The Hall–Kier alpha value is -3.11. The van der Waals surface area contributed by atoms with Crippen LogP contribution in [0.4, 0.5) is 0 Å². The molecule has 32 heavy (non-hydrogen) atoms. The molecule has 1 aliphatic heterocycles. The van der Waals surface area contributed by atoms with Crippen LogP contribution in [0.25, 0.3) is 10.9 Å². The molecule has 1 atom stereocenters. The number of ether oxygens (including phenoxy) is 1. The summed E-state index contributed by atoms with van der Waals surface area (Å²) >= 11 is 0. The number of hydrogen-bond acceptors (Lipinski definition) is 6. The van der Waals surface area contributed by atoms with Crippen molar-refractivity contribution >= 4 is 32.8 Å². The van der Waals surface area contributed by atoms with Gasteiger partial charge in [-0.25, -0.2) is 13.2 Å². The number of methoxy groups -OCH3 is 1. The van der Waals surface area contributed by atoms with Crippen LogP contribution in [-0.2, 0) is 26.0 Å². The van der Waals surface area contributed by atoms with Crippen molar-refractivity contribution in [1.82, 2.24) is 14.6 Å². The molecule has 1 saturated heterocycles. The van der Waals surface area contributed by atoms with E-state index in [-0.39, 0.29) is 17.3 Å². The van der Waals surface area contributed by atoms with Gasteiger partial charge in [0.1, 0.15) is 6.04 Å². The van der Waals surface area contributed by atoms with E-state index in [1.165, 1.54) is 23.5 Å². The fourth-order valence-corrected chi connectivity index (χ4v) is 5.33. The van der Waals surface area contributed by atoms with E-state index in [2.05, 4.69) is 10.3 Å². The summed E-state index contributed by atoms with van der Waals surface area (Å²) in [5.74, 6) is -1.50. The Morgan fingerprint density at radius 2 is 1.91 bits per heavy atom. The summed E-state index contributed by atoms with van der Waals surface area (Å²) in [4.78, 5) is 28.2. The van der Waals surface area contributed by atoms with Crippen LogP contribution in [0.2, 0.25) is 0 Å². The Morgan fingerprint density at radius 1 is 1.16 bits per heavy atom. The molecule has 1 aliphatic rings. The molecule has 3 aromatic rings. The number of piperidine rings is 1. The van der Waals surface area contributed by atoms with Crippen molar-refractivity contribution < 1.29 is 27.2 Å². The Morgan fingerprint density at radius 3 is 2.66 bits per heavy atom. The first kappa shape index (κ1) is 22.1. The number of carbonyl (C=O) groups is 2. The van der Waals surface area contributed by atoms with Crippen LogP contribution >= 0.6 is 0 Å². The van der Waals surface area contributed by atoms with Crippen molar-refractivity contribution in [3.8, 4) is 0 Å². The van der Waals surface area contributed by atoms with E-state index in [9.17, 15) is 18.0 Å². The number of H-pyrrole nitrogens is 1. The largest absolute Gasteiger partial charge is 0.467 e. The van der Waals surface area contributed by atoms with E-state index < -0.39 is 27.9 Å². The molecule has 0 unspecified atom stereocenters. The van der Waals surface area contributed by atoms with Crippen molar-refractivity contribution in [1.29, 1.82) is 0 Å². The predicted molar refractivity (Wildman–Crippen MR) is 117 cm³/mol. The van der Waals surface area contributed by atoms with Crippen LogP contribution in [0.15, 0.2) is 52.1 Å². The van der Waals surface area contributed by atoms with Gasteiger partial charge in [-0.1, -0.05) is 24.6 Å². The minimum absolute atomic E-state index is 0.187.